The minimum absolute atomic E-state index is 0.239. The van der Waals surface area contributed by atoms with E-state index in [2.05, 4.69) is 20.6 Å². The fraction of sp³-hybridized carbons (Fsp3) is 0.267. The molecule has 0 saturated heterocycles. The molecule has 1 amide bonds. The lowest BCUT2D eigenvalue weighted by Gasteiger charge is -2.10. The number of anilines is 2. The van der Waals surface area contributed by atoms with Gasteiger partial charge in [-0.05, 0) is 24.1 Å². The fourth-order valence-electron chi connectivity index (χ4n) is 1.67. The minimum atomic E-state index is -0.239. The van der Waals surface area contributed by atoms with Crippen molar-refractivity contribution >= 4 is 40.6 Å². The van der Waals surface area contributed by atoms with E-state index in [9.17, 15) is 4.79 Å². The third kappa shape index (κ3) is 4.58. The molecule has 1 heterocycles. The number of rotatable bonds is 5. The van der Waals surface area contributed by atoms with Crippen LogP contribution in [0.4, 0.5) is 11.5 Å². The van der Waals surface area contributed by atoms with Crippen molar-refractivity contribution in [1.82, 2.24) is 15.3 Å². The van der Waals surface area contributed by atoms with E-state index in [1.165, 1.54) is 6.33 Å². The molecule has 2 rings (SSSR count). The quantitative estimate of drug-likeness (QED) is 0.867. The highest BCUT2D eigenvalue weighted by Gasteiger charge is 2.10. The number of carbonyl (C=O) groups is 1. The Kier molecular flexibility index (Phi) is 5.57. The Morgan fingerprint density at radius 1 is 1.23 bits per heavy atom. The van der Waals surface area contributed by atoms with Gasteiger partial charge in [-0.1, -0.05) is 37.0 Å². The number of hydrogen-bond acceptors (Lipinski definition) is 4. The van der Waals surface area contributed by atoms with E-state index < -0.39 is 0 Å². The first kappa shape index (κ1) is 16.5. The molecule has 0 aliphatic carbocycles. The molecule has 0 saturated carbocycles. The summed E-state index contributed by atoms with van der Waals surface area (Å²) in [6.07, 6.45) is 1.32. The molecular formula is C15H16Cl2N4O. The predicted molar refractivity (Wildman–Crippen MR) is 88.9 cm³/mol. The molecular weight excluding hydrogens is 323 g/mol. The SMILES string of the molecule is CC(C)CNC(=O)c1cc(Nc2cc(Cl)ccc2Cl)ncn1. The van der Waals surface area contributed by atoms with Gasteiger partial charge in [0.1, 0.15) is 17.8 Å². The van der Waals surface area contributed by atoms with Crippen LogP contribution in [0.1, 0.15) is 24.3 Å². The maximum absolute atomic E-state index is 12.0. The zero-order valence-corrected chi connectivity index (χ0v) is 13.7. The molecule has 7 heteroatoms. The van der Waals surface area contributed by atoms with Crippen molar-refractivity contribution in [3.05, 3.63) is 46.3 Å². The summed E-state index contributed by atoms with van der Waals surface area (Å²) in [5, 5.41) is 6.89. The second-order valence-electron chi connectivity index (χ2n) is 5.14. The highest BCUT2D eigenvalue weighted by atomic mass is 35.5. The van der Waals surface area contributed by atoms with Gasteiger partial charge in [-0.15, -0.1) is 0 Å². The number of aromatic nitrogens is 2. The molecule has 2 aromatic rings. The van der Waals surface area contributed by atoms with Crippen molar-refractivity contribution in [2.45, 2.75) is 13.8 Å². The highest BCUT2D eigenvalue weighted by Crippen LogP contribution is 2.27. The maximum atomic E-state index is 12.0. The molecule has 5 nitrogen and oxygen atoms in total. The topological polar surface area (TPSA) is 66.9 Å². The summed E-state index contributed by atoms with van der Waals surface area (Å²) >= 11 is 12.0. The Morgan fingerprint density at radius 3 is 2.73 bits per heavy atom. The molecule has 0 fully saturated rings. The smallest absolute Gasteiger partial charge is 0.270 e. The summed E-state index contributed by atoms with van der Waals surface area (Å²) in [7, 11) is 0. The number of amides is 1. The summed E-state index contributed by atoms with van der Waals surface area (Å²) in [5.41, 5.74) is 0.901. The summed E-state index contributed by atoms with van der Waals surface area (Å²) in [4.78, 5) is 20.1. The normalized spacial score (nSPS) is 10.6. The molecule has 0 radical (unpaired) electrons. The number of hydrogen-bond donors (Lipinski definition) is 2. The van der Waals surface area contributed by atoms with E-state index in [1.807, 2.05) is 13.8 Å². The minimum Gasteiger partial charge on any atom is -0.350 e. The zero-order chi connectivity index (χ0) is 16.1. The monoisotopic (exact) mass is 338 g/mol. The van der Waals surface area contributed by atoms with Crippen molar-refractivity contribution in [2.75, 3.05) is 11.9 Å². The van der Waals surface area contributed by atoms with E-state index in [4.69, 9.17) is 23.2 Å². The van der Waals surface area contributed by atoms with Crippen LogP contribution in [-0.2, 0) is 0 Å². The third-order valence-corrected chi connectivity index (χ3v) is 3.33. The Labute approximate surface area is 139 Å². The van der Waals surface area contributed by atoms with Crippen molar-refractivity contribution in [3.63, 3.8) is 0 Å². The molecule has 0 aliphatic rings. The lowest BCUT2D eigenvalue weighted by Crippen LogP contribution is -2.28. The van der Waals surface area contributed by atoms with Gasteiger partial charge in [0.2, 0.25) is 0 Å². The molecule has 116 valence electrons. The highest BCUT2D eigenvalue weighted by molar-refractivity contribution is 6.35. The third-order valence-electron chi connectivity index (χ3n) is 2.76. The Balaban J connectivity index is 2.14. The van der Waals surface area contributed by atoms with Crippen molar-refractivity contribution in [2.24, 2.45) is 5.92 Å². The van der Waals surface area contributed by atoms with Gasteiger partial charge < -0.3 is 10.6 Å². The summed E-state index contributed by atoms with van der Waals surface area (Å²) in [6, 6.07) is 6.63. The Bertz CT molecular complexity index is 676. The summed E-state index contributed by atoms with van der Waals surface area (Å²) < 4.78 is 0. The molecule has 1 aromatic carbocycles. The zero-order valence-electron chi connectivity index (χ0n) is 12.2. The number of nitrogens with one attached hydrogen (secondary N) is 2. The van der Waals surface area contributed by atoms with E-state index >= 15 is 0 Å². The summed E-state index contributed by atoms with van der Waals surface area (Å²) in [6.45, 7) is 4.63. The Hall–Kier alpha value is -1.85. The molecule has 0 spiro atoms. The lowest BCUT2D eigenvalue weighted by atomic mass is 10.2. The number of benzene rings is 1. The fourth-order valence-corrected chi connectivity index (χ4v) is 2.01. The largest absolute Gasteiger partial charge is 0.350 e. The lowest BCUT2D eigenvalue weighted by molar-refractivity contribution is 0.0944. The second kappa shape index (κ2) is 7.42. The van der Waals surface area contributed by atoms with Crippen molar-refractivity contribution < 1.29 is 4.79 Å². The number of halogens is 2. The van der Waals surface area contributed by atoms with Crippen LogP contribution in [0, 0.1) is 5.92 Å². The van der Waals surface area contributed by atoms with Crippen LogP contribution in [0.15, 0.2) is 30.6 Å². The molecule has 2 N–H and O–H groups in total. The predicted octanol–water partition coefficient (Wildman–Crippen LogP) is 3.91. The average Bonchev–Trinajstić information content (AvgIpc) is 2.49. The van der Waals surface area contributed by atoms with Crippen LogP contribution < -0.4 is 10.6 Å². The van der Waals surface area contributed by atoms with Crippen LogP contribution in [0.25, 0.3) is 0 Å². The van der Waals surface area contributed by atoms with Crippen LogP contribution in [0.5, 0.6) is 0 Å². The van der Waals surface area contributed by atoms with Crippen LogP contribution in [-0.4, -0.2) is 22.4 Å². The van der Waals surface area contributed by atoms with Crippen molar-refractivity contribution in [1.29, 1.82) is 0 Å². The van der Waals surface area contributed by atoms with E-state index in [-0.39, 0.29) is 11.6 Å². The van der Waals surface area contributed by atoms with Gasteiger partial charge in [-0.2, -0.15) is 0 Å². The number of nitrogens with zero attached hydrogens (tertiary/aromatic N) is 2. The summed E-state index contributed by atoms with van der Waals surface area (Å²) in [5.74, 6) is 0.596. The first-order valence-electron chi connectivity index (χ1n) is 6.78. The van der Waals surface area contributed by atoms with E-state index in [0.29, 0.717) is 34.0 Å². The maximum Gasteiger partial charge on any atom is 0.270 e. The molecule has 22 heavy (non-hydrogen) atoms. The van der Waals surface area contributed by atoms with E-state index in [1.54, 1.807) is 24.3 Å². The Morgan fingerprint density at radius 2 is 2.00 bits per heavy atom. The molecule has 0 atom stereocenters. The second-order valence-corrected chi connectivity index (χ2v) is 5.99. The molecule has 1 aromatic heterocycles. The first-order valence-corrected chi connectivity index (χ1v) is 7.53. The number of carbonyl (C=O) groups excluding carboxylic acids is 1. The molecule has 0 bridgehead atoms. The average molecular weight is 339 g/mol. The van der Waals surface area contributed by atoms with Gasteiger partial charge in [0, 0.05) is 17.6 Å². The van der Waals surface area contributed by atoms with Gasteiger partial charge in [-0.3, -0.25) is 4.79 Å². The van der Waals surface area contributed by atoms with Crippen molar-refractivity contribution in [3.8, 4) is 0 Å². The van der Waals surface area contributed by atoms with Crippen LogP contribution >= 0.6 is 23.2 Å². The van der Waals surface area contributed by atoms with Gasteiger partial charge in [0.25, 0.3) is 5.91 Å². The molecule has 0 aliphatic heterocycles. The van der Waals surface area contributed by atoms with Gasteiger partial charge >= 0.3 is 0 Å². The van der Waals surface area contributed by atoms with Gasteiger partial charge in [-0.25, -0.2) is 9.97 Å². The van der Waals surface area contributed by atoms with E-state index in [0.717, 1.165) is 0 Å². The first-order chi connectivity index (χ1) is 10.5. The molecule has 0 unspecified atom stereocenters. The van der Waals surface area contributed by atoms with Gasteiger partial charge in [0.15, 0.2) is 0 Å². The van der Waals surface area contributed by atoms with Crippen LogP contribution in [0.3, 0.4) is 0 Å². The standard InChI is InChI=1S/C15H16Cl2N4O/c1-9(2)7-18-15(22)13-6-14(20-8-19-13)21-12-5-10(16)3-4-11(12)17/h3-6,8-9H,7H2,1-2H3,(H,18,22)(H,19,20,21). The van der Waals surface area contributed by atoms with Crippen LogP contribution in [0.2, 0.25) is 10.0 Å². The van der Waals surface area contributed by atoms with Gasteiger partial charge in [0.05, 0.1) is 10.7 Å².